The van der Waals surface area contributed by atoms with Gasteiger partial charge in [0.2, 0.25) is 0 Å². The zero-order chi connectivity index (χ0) is 31.9. The van der Waals surface area contributed by atoms with E-state index in [2.05, 4.69) is 72.8 Å². The highest BCUT2D eigenvalue weighted by Gasteiger charge is 2.30. The van der Waals surface area contributed by atoms with Gasteiger partial charge in [0.1, 0.15) is 5.82 Å². The fourth-order valence-corrected chi connectivity index (χ4v) is 7.37. The summed E-state index contributed by atoms with van der Waals surface area (Å²) in [6.07, 6.45) is -4.39. The van der Waals surface area contributed by atoms with Crippen LogP contribution in [0.25, 0.3) is 87.2 Å². The molecule has 0 aromatic heterocycles. The fourth-order valence-electron chi connectivity index (χ4n) is 7.37. The van der Waals surface area contributed by atoms with E-state index in [1.54, 1.807) is 12.1 Å². The summed E-state index contributed by atoms with van der Waals surface area (Å²) in [5, 5.41) is 11.0. The average Bonchev–Trinajstić information content (AvgIpc) is 3.09. The van der Waals surface area contributed by atoms with Gasteiger partial charge in [0, 0.05) is 0 Å². The van der Waals surface area contributed by atoms with Crippen molar-refractivity contribution < 1.29 is 17.6 Å². The minimum Gasteiger partial charge on any atom is -0.207 e. The molecule has 0 saturated heterocycles. The highest BCUT2D eigenvalue weighted by molar-refractivity contribution is 6.26. The van der Waals surface area contributed by atoms with Crippen LogP contribution >= 0.6 is 0 Å². The van der Waals surface area contributed by atoms with Crippen molar-refractivity contribution in [2.24, 2.45) is 0 Å². The molecule has 9 aromatic carbocycles. The molecule has 9 aromatic rings. The van der Waals surface area contributed by atoms with Gasteiger partial charge in [0.05, 0.1) is 5.56 Å². The molecular weight excluding hydrogens is 592 g/mol. The first kappa shape index (κ1) is 27.6. The molecule has 0 fully saturated rings. The van der Waals surface area contributed by atoms with Crippen LogP contribution in [0.1, 0.15) is 5.56 Å². The Morgan fingerprint density at radius 3 is 1.17 bits per heavy atom. The van der Waals surface area contributed by atoms with Gasteiger partial charge in [0.15, 0.2) is 0 Å². The zero-order valence-corrected chi connectivity index (χ0v) is 24.9. The topological polar surface area (TPSA) is 0 Å². The second-order valence-electron chi connectivity index (χ2n) is 12.1. The molecule has 224 valence electrons. The molecule has 9 rings (SSSR count). The maximum atomic E-state index is 13.6. The lowest BCUT2D eigenvalue weighted by atomic mass is 9.84. The molecule has 4 heteroatoms. The highest BCUT2D eigenvalue weighted by Crippen LogP contribution is 2.46. The van der Waals surface area contributed by atoms with Crippen LogP contribution in [0.2, 0.25) is 0 Å². The Labute approximate surface area is 267 Å². The van der Waals surface area contributed by atoms with Gasteiger partial charge in [0.25, 0.3) is 0 Å². The van der Waals surface area contributed by atoms with Gasteiger partial charge in [-0.3, -0.25) is 0 Å². The van der Waals surface area contributed by atoms with Gasteiger partial charge in [-0.05, 0) is 136 Å². The van der Waals surface area contributed by atoms with E-state index in [4.69, 9.17) is 0 Å². The Kier molecular flexibility index (Phi) is 5.94. The summed E-state index contributed by atoms with van der Waals surface area (Å²) in [6, 6.07) is 45.9. The number of fused-ring (bicyclic) bond motifs is 2. The van der Waals surface area contributed by atoms with Crippen molar-refractivity contribution in [2.45, 2.75) is 6.18 Å². The lowest BCUT2D eigenvalue weighted by molar-refractivity contribution is -0.137. The van der Waals surface area contributed by atoms with Crippen LogP contribution in [0.4, 0.5) is 17.6 Å². The van der Waals surface area contributed by atoms with E-state index in [1.807, 2.05) is 36.4 Å². The Morgan fingerprint density at radius 1 is 0.362 bits per heavy atom. The summed E-state index contributed by atoms with van der Waals surface area (Å²) < 4.78 is 53.9. The van der Waals surface area contributed by atoms with Crippen molar-refractivity contribution >= 4 is 53.9 Å². The lowest BCUT2D eigenvalue weighted by Gasteiger charge is -2.19. The molecule has 0 amide bonds. The monoisotopic (exact) mass is 616 g/mol. The van der Waals surface area contributed by atoms with Crippen molar-refractivity contribution in [3.8, 4) is 33.4 Å². The van der Waals surface area contributed by atoms with Crippen LogP contribution < -0.4 is 0 Å². The van der Waals surface area contributed by atoms with Gasteiger partial charge in [-0.1, -0.05) is 97.1 Å². The number of hydrogen-bond acceptors (Lipinski definition) is 0. The molecule has 0 aliphatic carbocycles. The van der Waals surface area contributed by atoms with Crippen molar-refractivity contribution in [1.29, 1.82) is 0 Å². The van der Waals surface area contributed by atoms with E-state index < -0.39 is 11.7 Å². The van der Waals surface area contributed by atoms with Crippen molar-refractivity contribution in [3.05, 3.63) is 157 Å². The van der Waals surface area contributed by atoms with Crippen molar-refractivity contribution in [1.82, 2.24) is 0 Å². The van der Waals surface area contributed by atoms with E-state index in [1.165, 1.54) is 22.9 Å². The second-order valence-corrected chi connectivity index (χ2v) is 12.1. The third kappa shape index (κ3) is 4.36. The van der Waals surface area contributed by atoms with Crippen LogP contribution in [0.15, 0.2) is 146 Å². The number of benzene rings is 9. The lowest BCUT2D eigenvalue weighted by Crippen LogP contribution is -2.04. The van der Waals surface area contributed by atoms with Crippen LogP contribution in [0.5, 0.6) is 0 Å². The molecule has 0 bridgehead atoms. The molecule has 0 N–H and O–H groups in total. The number of alkyl halides is 3. The van der Waals surface area contributed by atoms with E-state index in [0.29, 0.717) is 0 Å². The van der Waals surface area contributed by atoms with Crippen LogP contribution in [-0.4, -0.2) is 0 Å². The largest absolute Gasteiger partial charge is 0.416 e. The molecule has 0 radical (unpaired) electrons. The maximum absolute atomic E-state index is 13.6. The summed E-state index contributed by atoms with van der Waals surface area (Å²) in [6.45, 7) is 0. The van der Waals surface area contributed by atoms with Gasteiger partial charge < -0.3 is 0 Å². The van der Waals surface area contributed by atoms with Gasteiger partial charge in [-0.15, -0.1) is 0 Å². The Hall–Kier alpha value is -5.74. The zero-order valence-electron chi connectivity index (χ0n) is 24.9. The second kappa shape index (κ2) is 10.1. The van der Waals surface area contributed by atoms with Gasteiger partial charge >= 0.3 is 6.18 Å². The highest BCUT2D eigenvalue weighted by atomic mass is 19.4. The summed E-state index contributed by atoms with van der Waals surface area (Å²) in [5.74, 6) is -0.253. The first-order valence-corrected chi connectivity index (χ1v) is 15.4. The Bertz CT molecular complexity index is 2520. The molecule has 0 saturated carbocycles. The summed E-state index contributed by atoms with van der Waals surface area (Å²) in [4.78, 5) is 0. The number of rotatable bonds is 3. The predicted molar refractivity (Wildman–Crippen MR) is 186 cm³/mol. The molecule has 47 heavy (non-hydrogen) atoms. The minimum atomic E-state index is -4.39. The quantitative estimate of drug-likeness (QED) is 0.105. The Balaban J connectivity index is 1.28. The third-order valence-corrected chi connectivity index (χ3v) is 9.43. The normalized spacial score (nSPS) is 12.3. The summed E-state index contributed by atoms with van der Waals surface area (Å²) in [7, 11) is 0. The molecule has 0 aliphatic heterocycles. The Morgan fingerprint density at radius 2 is 0.745 bits per heavy atom. The van der Waals surface area contributed by atoms with Crippen LogP contribution in [-0.2, 0) is 6.18 Å². The first-order valence-electron chi connectivity index (χ1n) is 15.4. The molecule has 0 aliphatic rings. The number of halogens is 4. The standard InChI is InChI=1S/C43H24F4/c44-34-19-15-25(16-20-34)31-21-27-9-11-29-23-32(24-30-12-10-28(22-31)39(27)40(29)30)42-37-7-3-1-5-35(37)41(36-6-2-4-8-38(36)42)26-13-17-33(18-14-26)43(45,46)47/h1-24H. The van der Waals surface area contributed by atoms with Gasteiger partial charge in [-0.25, -0.2) is 4.39 Å². The van der Waals surface area contributed by atoms with Crippen molar-refractivity contribution in [2.75, 3.05) is 0 Å². The number of hydrogen-bond donors (Lipinski definition) is 0. The smallest absolute Gasteiger partial charge is 0.207 e. The maximum Gasteiger partial charge on any atom is 0.416 e. The van der Waals surface area contributed by atoms with Crippen molar-refractivity contribution in [3.63, 3.8) is 0 Å². The molecule has 0 nitrogen and oxygen atoms in total. The molecule has 0 spiro atoms. The predicted octanol–water partition coefficient (Wildman–Crippen LogP) is 13.0. The fraction of sp³-hybridized carbons (Fsp3) is 0.0233. The van der Waals surface area contributed by atoms with E-state index in [-0.39, 0.29) is 5.82 Å². The third-order valence-electron chi connectivity index (χ3n) is 9.43. The molecule has 0 unspecified atom stereocenters. The van der Waals surface area contributed by atoms with Crippen LogP contribution in [0, 0.1) is 5.82 Å². The van der Waals surface area contributed by atoms with Crippen LogP contribution in [0.3, 0.4) is 0 Å². The van der Waals surface area contributed by atoms with Gasteiger partial charge in [-0.2, -0.15) is 13.2 Å². The summed E-state index contributed by atoms with van der Waals surface area (Å²) in [5.41, 5.74) is 5.19. The summed E-state index contributed by atoms with van der Waals surface area (Å²) >= 11 is 0. The van der Waals surface area contributed by atoms with E-state index >= 15 is 0 Å². The molecule has 0 heterocycles. The molecule has 0 atom stereocenters. The average molecular weight is 617 g/mol. The van der Waals surface area contributed by atoms with E-state index in [9.17, 15) is 17.6 Å². The van der Waals surface area contributed by atoms with E-state index in [0.717, 1.165) is 88.6 Å². The SMILES string of the molecule is Fc1ccc(-c2cc3ccc4cc(-c5c6ccccc6c(-c6ccc(C(F)(F)F)cc6)c6ccccc56)cc5ccc(c2)c3c45)cc1. The minimum absolute atomic E-state index is 0.253. The molecular formula is C43H24F4. The first-order chi connectivity index (χ1) is 22.8.